The Hall–Kier alpha value is -0.530. The van der Waals surface area contributed by atoms with Gasteiger partial charge in [0.15, 0.2) is 0 Å². The van der Waals surface area contributed by atoms with Gasteiger partial charge in [-0.2, -0.15) is 0 Å². The maximum Gasteiger partial charge on any atom is 0.220 e. The molecule has 16 heavy (non-hydrogen) atoms. The molecule has 2 heteroatoms. The summed E-state index contributed by atoms with van der Waals surface area (Å²) in [5, 5.41) is 2.96. The number of hydrogen-bond acceptors (Lipinski definition) is 1. The van der Waals surface area contributed by atoms with E-state index >= 15 is 0 Å². The zero-order valence-electron chi connectivity index (χ0n) is 10.9. The van der Waals surface area contributed by atoms with Crippen LogP contribution in [0.25, 0.3) is 0 Å². The molecule has 0 unspecified atom stereocenters. The van der Waals surface area contributed by atoms with Gasteiger partial charge in [0.25, 0.3) is 0 Å². The van der Waals surface area contributed by atoms with Gasteiger partial charge in [-0.1, -0.05) is 20.8 Å². The van der Waals surface area contributed by atoms with Crippen LogP contribution in [-0.4, -0.2) is 12.5 Å². The van der Waals surface area contributed by atoms with E-state index in [9.17, 15) is 4.79 Å². The van der Waals surface area contributed by atoms with E-state index in [1.807, 2.05) is 0 Å². The first-order chi connectivity index (χ1) is 7.41. The quantitative estimate of drug-likeness (QED) is 0.671. The summed E-state index contributed by atoms with van der Waals surface area (Å²) in [6.07, 6.45) is 7.15. The van der Waals surface area contributed by atoms with Crippen molar-refractivity contribution >= 4 is 5.91 Å². The van der Waals surface area contributed by atoms with Gasteiger partial charge >= 0.3 is 0 Å². The molecule has 1 saturated heterocycles. The van der Waals surface area contributed by atoms with Crippen molar-refractivity contribution < 1.29 is 4.79 Å². The number of carbonyl (C=O) groups is 1. The van der Waals surface area contributed by atoms with Crippen LogP contribution < -0.4 is 5.32 Å². The van der Waals surface area contributed by atoms with E-state index in [0.717, 1.165) is 18.9 Å². The number of carbonyl (C=O) groups excluding carboxylic acids is 1. The van der Waals surface area contributed by atoms with Crippen molar-refractivity contribution in [3.05, 3.63) is 0 Å². The molecule has 0 aromatic carbocycles. The second-order valence-electron chi connectivity index (χ2n) is 6.92. The van der Waals surface area contributed by atoms with E-state index in [2.05, 4.69) is 26.1 Å². The van der Waals surface area contributed by atoms with Crippen molar-refractivity contribution in [2.75, 3.05) is 6.54 Å². The van der Waals surface area contributed by atoms with Crippen molar-refractivity contribution in [3.8, 4) is 0 Å². The molecule has 0 atom stereocenters. The standard InChI is InChI=1S/C14H25NO/c1-13(2,3)11-4-6-14(7-5-11)8-9-15-12(16)10-14/h11H,4-10H2,1-3H3,(H,15,16). The summed E-state index contributed by atoms with van der Waals surface area (Å²) in [7, 11) is 0. The Labute approximate surface area is 99.2 Å². The van der Waals surface area contributed by atoms with E-state index < -0.39 is 0 Å². The number of hydrogen-bond donors (Lipinski definition) is 1. The summed E-state index contributed by atoms with van der Waals surface area (Å²) in [5.41, 5.74) is 0.808. The molecule has 0 bridgehead atoms. The molecular weight excluding hydrogens is 198 g/mol. The van der Waals surface area contributed by atoms with Crippen LogP contribution in [0.1, 0.15) is 59.3 Å². The van der Waals surface area contributed by atoms with Crippen LogP contribution >= 0.6 is 0 Å². The molecule has 1 aliphatic carbocycles. The van der Waals surface area contributed by atoms with E-state index in [0.29, 0.717) is 10.8 Å². The molecule has 1 saturated carbocycles. The highest BCUT2D eigenvalue weighted by molar-refractivity contribution is 5.77. The fraction of sp³-hybridized carbons (Fsp3) is 0.929. The fourth-order valence-electron chi connectivity index (χ4n) is 3.48. The van der Waals surface area contributed by atoms with Gasteiger partial charge < -0.3 is 5.32 Å². The van der Waals surface area contributed by atoms with Crippen molar-refractivity contribution in [1.82, 2.24) is 5.32 Å². The molecular formula is C14H25NO. The minimum absolute atomic E-state index is 0.278. The minimum Gasteiger partial charge on any atom is -0.356 e. The molecule has 1 spiro atoms. The topological polar surface area (TPSA) is 29.1 Å². The number of piperidine rings is 1. The van der Waals surface area contributed by atoms with Crippen LogP contribution in [0.4, 0.5) is 0 Å². The predicted octanol–water partition coefficient (Wildman–Crippen LogP) is 3.12. The normalized spacial score (nSPS) is 36.2. The molecule has 92 valence electrons. The van der Waals surface area contributed by atoms with Crippen molar-refractivity contribution in [2.24, 2.45) is 16.7 Å². The highest BCUT2D eigenvalue weighted by Gasteiger charge is 2.41. The van der Waals surface area contributed by atoms with Gasteiger partial charge in [-0.15, -0.1) is 0 Å². The number of nitrogens with one attached hydrogen (secondary N) is 1. The lowest BCUT2D eigenvalue weighted by Gasteiger charge is -2.45. The van der Waals surface area contributed by atoms with Crippen LogP contribution in [0.5, 0.6) is 0 Å². The van der Waals surface area contributed by atoms with Gasteiger partial charge in [0.1, 0.15) is 0 Å². The lowest BCUT2D eigenvalue weighted by atomic mass is 9.61. The Balaban J connectivity index is 1.96. The third-order valence-electron chi connectivity index (χ3n) is 4.78. The number of rotatable bonds is 0. The van der Waals surface area contributed by atoms with Crippen molar-refractivity contribution in [2.45, 2.75) is 59.3 Å². The zero-order valence-corrected chi connectivity index (χ0v) is 10.9. The third-order valence-corrected chi connectivity index (χ3v) is 4.78. The first kappa shape index (κ1) is 11.9. The molecule has 1 aliphatic heterocycles. The SMILES string of the molecule is CC(C)(C)C1CCC2(CCNC(=O)C2)CC1. The second-order valence-corrected chi connectivity index (χ2v) is 6.92. The van der Waals surface area contributed by atoms with Gasteiger partial charge in [-0.05, 0) is 48.9 Å². The van der Waals surface area contributed by atoms with Crippen molar-refractivity contribution in [3.63, 3.8) is 0 Å². The van der Waals surface area contributed by atoms with E-state index in [1.54, 1.807) is 0 Å². The van der Waals surface area contributed by atoms with E-state index in [-0.39, 0.29) is 5.91 Å². The van der Waals surface area contributed by atoms with Crippen LogP contribution in [-0.2, 0) is 4.79 Å². The zero-order chi connectivity index (χ0) is 11.8. The fourth-order valence-corrected chi connectivity index (χ4v) is 3.48. The molecule has 0 aromatic rings. The summed E-state index contributed by atoms with van der Waals surface area (Å²) >= 11 is 0. The average Bonchev–Trinajstić information content (AvgIpc) is 2.16. The molecule has 2 rings (SSSR count). The Morgan fingerprint density at radius 3 is 2.31 bits per heavy atom. The molecule has 1 heterocycles. The molecule has 2 nitrogen and oxygen atoms in total. The summed E-state index contributed by atoms with van der Waals surface area (Å²) in [5.74, 6) is 1.13. The molecule has 1 N–H and O–H groups in total. The molecule has 1 amide bonds. The van der Waals surface area contributed by atoms with Gasteiger partial charge in [-0.3, -0.25) is 4.79 Å². The summed E-state index contributed by atoms with van der Waals surface area (Å²) in [6, 6.07) is 0. The van der Waals surface area contributed by atoms with Crippen molar-refractivity contribution in [1.29, 1.82) is 0 Å². The van der Waals surface area contributed by atoms with Gasteiger partial charge in [0.05, 0.1) is 0 Å². The molecule has 0 radical (unpaired) electrons. The summed E-state index contributed by atoms with van der Waals surface area (Å²) in [6.45, 7) is 7.95. The minimum atomic E-state index is 0.278. The second kappa shape index (κ2) is 4.05. The first-order valence-electron chi connectivity index (χ1n) is 6.68. The summed E-state index contributed by atoms with van der Waals surface area (Å²) < 4.78 is 0. The van der Waals surface area contributed by atoms with E-state index in [1.165, 1.54) is 32.1 Å². The maximum absolute atomic E-state index is 11.5. The predicted molar refractivity (Wildman–Crippen MR) is 66.1 cm³/mol. The van der Waals surface area contributed by atoms with Gasteiger partial charge in [0.2, 0.25) is 5.91 Å². The van der Waals surface area contributed by atoms with E-state index in [4.69, 9.17) is 0 Å². The monoisotopic (exact) mass is 223 g/mol. The summed E-state index contributed by atoms with van der Waals surface area (Å²) in [4.78, 5) is 11.5. The Bertz CT molecular complexity index is 269. The molecule has 0 aromatic heterocycles. The van der Waals surface area contributed by atoms with Crippen LogP contribution in [0, 0.1) is 16.7 Å². The highest BCUT2D eigenvalue weighted by atomic mass is 16.1. The largest absolute Gasteiger partial charge is 0.356 e. The Kier molecular flexibility index (Phi) is 3.02. The Morgan fingerprint density at radius 1 is 1.19 bits per heavy atom. The smallest absolute Gasteiger partial charge is 0.220 e. The van der Waals surface area contributed by atoms with Crippen LogP contribution in [0.15, 0.2) is 0 Å². The number of amides is 1. The third kappa shape index (κ3) is 2.41. The Morgan fingerprint density at radius 2 is 1.81 bits per heavy atom. The molecule has 2 fully saturated rings. The maximum atomic E-state index is 11.5. The van der Waals surface area contributed by atoms with Gasteiger partial charge in [0, 0.05) is 13.0 Å². The first-order valence-corrected chi connectivity index (χ1v) is 6.68. The lowest BCUT2D eigenvalue weighted by Crippen LogP contribution is -2.43. The average molecular weight is 223 g/mol. The molecule has 2 aliphatic rings. The lowest BCUT2D eigenvalue weighted by molar-refractivity contribution is -0.127. The van der Waals surface area contributed by atoms with Crippen LogP contribution in [0.3, 0.4) is 0 Å². The highest BCUT2D eigenvalue weighted by Crippen LogP contribution is 2.49. The van der Waals surface area contributed by atoms with Gasteiger partial charge in [-0.25, -0.2) is 0 Å². The van der Waals surface area contributed by atoms with Crippen LogP contribution in [0.2, 0.25) is 0 Å².